The molecule has 0 saturated carbocycles. The van der Waals surface area contributed by atoms with Gasteiger partial charge < -0.3 is 0 Å². The van der Waals surface area contributed by atoms with Crippen LogP contribution >= 0.6 is 0 Å². The molecule has 2 rings (SSSR count). The Labute approximate surface area is 94.7 Å². The Kier molecular flexibility index (Phi) is 2.95. The van der Waals surface area contributed by atoms with Gasteiger partial charge in [0, 0.05) is 11.8 Å². The van der Waals surface area contributed by atoms with E-state index in [-0.39, 0.29) is 5.56 Å². The van der Waals surface area contributed by atoms with E-state index in [4.69, 9.17) is 0 Å². The fraction of sp³-hybridized carbons (Fsp3) is 0.308. The highest BCUT2D eigenvalue weighted by atomic mass is 16.1. The first-order chi connectivity index (χ1) is 7.74. The molecule has 0 aliphatic rings. The van der Waals surface area contributed by atoms with Gasteiger partial charge in [-0.15, -0.1) is 0 Å². The summed E-state index contributed by atoms with van der Waals surface area (Å²) in [5.74, 6) is 0. The summed E-state index contributed by atoms with van der Waals surface area (Å²) < 4.78 is 1.85. The van der Waals surface area contributed by atoms with Crippen molar-refractivity contribution in [3.05, 3.63) is 51.9 Å². The van der Waals surface area contributed by atoms with E-state index in [2.05, 4.69) is 24.2 Å². The molecule has 3 nitrogen and oxygen atoms in total. The largest absolute Gasteiger partial charge is 0.268 e. The monoisotopic (exact) mass is 216 g/mol. The molecule has 0 fully saturated rings. The van der Waals surface area contributed by atoms with Crippen LogP contribution in [0, 0.1) is 0 Å². The minimum atomic E-state index is -0.0450. The third-order valence-corrected chi connectivity index (χ3v) is 2.77. The lowest BCUT2D eigenvalue weighted by molar-refractivity contribution is 0.804. The Morgan fingerprint density at radius 2 is 1.81 bits per heavy atom. The zero-order valence-corrected chi connectivity index (χ0v) is 9.66. The summed E-state index contributed by atoms with van der Waals surface area (Å²) in [6, 6.07) is 9.90. The Bertz CT molecular complexity index is 520. The van der Waals surface area contributed by atoms with Crippen molar-refractivity contribution in [3.8, 4) is 5.69 Å². The van der Waals surface area contributed by atoms with Crippen molar-refractivity contribution < 1.29 is 0 Å². The average Bonchev–Trinajstić information content (AvgIpc) is 2.70. The molecule has 16 heavy (non-hydrogen) atoms. The molecule has 0 aliphatic carbocycles. The molecule has 0 aliphatic heterocycles. The number of aromatic nitrogens is 2. The van der Waals surface area contributed by atoms with Crippen LogP contribution in [0.3, 0.4) is 0 Å². The number of nitrogens with zero attached hydrogens (tertiary/aromatic N) is 1. The Morgan fingerprint density at radius 1 is 1.12 bits per heavy atom. The summed E-state index contributed by atoms with van der Waals surface area (Å²) in [6.45, 7) is 4.17. The zero-order chi connectivity index (χ0) is 11.5. The molecule has 1 heterocycles. The molecular weight excluding hydrogens is 200 g/mol. The summed E-state index contributed by atoms with van der Waals surface area (Å²) in [5.41, 5.74) is 3.28. The number of hydrogen-bond acceptors (Lipinski definition) is 1. The lowest BCUT2D eigenvalue weighted by Gasteiger charge is -2.07. The molecule has 0 bridgehead atoms. The van der Waals surface area contributed by atoms with Crippen LogP contribution in [0.4, 0.5) is 0 Å². The normalized spacial score (nSPS) is 10.6. The van der Waals surface area contributed by atoms with Crippen LogP contribution in [0.2, 0.25) is 0 Å². The predicted octanol–water partition coefficient (Wildman–Crippen LogP) is 2.29. The molecule has 1 N–H and O–H groups in total. The third-order valence-electron chi connectivity index (χ3n) is 2.77. The van der Waals surface area contributed by atoms with E-state index in [1.807, 2.05) is 23.7 Å². The molecule has 0 radical (unpaired) electrons. The minimum absolute atomic E-state index is 0.0450. The maximum Gasteiger partial charge on any atom is 0.264 e. The molecule has 1 aromatic heterocycles. The molecule has 84 valence electrons. The lowest BCUT2D eigenvalue weighted by atomic mass is 10.1. The molecule has 0 amide bonds. The summed E-state index contributed by atoms with van der Waals surface area (Å²) >= 11 is 0. The summed E-state index contributed by atoms with van der Waals surface area (Å²) in [7, 11) is 0. The van der Waals surface area contributed by atoms with Gasteiger partial charge in [0.1, 0.15) is 0 Å². The first-order valence-electron chi connectivity index (χ1n) is 5.64. The van der Waals surface area contributed by atoms with Gasteiger partial charge in [0.2, 0.25) is 0 Å². The van der Waals surface area contributed by atoms with Crippen LogP contribution < -0.4 is 5.56 Å². The number of hydrogen-bond donors (Lipinski definition) is 1. The van der Waals surface area contributed by atoms with Crippen molar-refractivity contribution in [2.24, 2.45) is 0 Å². The topological polar surface area (TPSA) is 37.8 Å². The predicted molar refractivity (Wildman–Crippen MR) is 65.1 cm³/mol. The van der Waals surface area contributed by atoms with E-state index in [1.165, 1.54) is 5.56 Å². The Morgan fingerprint density at radius 3 is 2.38 bits per heavy atom. The first-order valence-corrected chi connectivity index (χ1v) is 5.64. The number of benzene rings is 1. The van der Waals surface area contributed by atoms with Gasteiger partial charge in [-0.3, -0.25) is 14.6 Å². The molecule has 0 spiro atoms. The summed E-state index contributed by atoms with van der Waals surface area (Å²) in [6.07, 6.45) is 1.87. The second-order valence-electron chi connectivity index (χ2n) is 3.82. The van der Waals surface area contributed by atoms with Crippen molar-refractivity contribution in [1.29, 1.82) is 0 Å². The highest BCUT2D eigenvalue weighted by Crippen LogP contribution is 2.11. The standard InChI is InChI=1S/C13H16N2O/c1-3-10-5-7-12(8-6-10)15-11(4-2)9-13(16)14-15/h5-9H,3-4H2,1-2H3,(H,14,16). The van der Waals surface area contributed by atoms with Gasteiger partial charge in [0.25, 0.3) is 5.56 Å². The third kappa shape index (κ3) is 1.94. The van der Waals surface area contributed by atoms with Crippen LogP contribution in [0.15, 0.2) is 35.1 Å². The van der Waals surface area contributed by atoms with E-state index in [0.717, 1.165) is 24.2 Å². The lowest BCUT2D eigenvalue weighted by Crippen LogP contribution is -2.05. The van der Waals surface area contributed by atoms with Crippen molar-refractivity contribution in [2.75, 3.05) is 0 Å². The fourth-order valence-corrected chi connectivity index (χ4v) is 1.80. The summed E-state index contributed by atoms with van der Waals surface area (Å²) in [4.78, 5) is 11.3. The van der Waals surface area contributed by atoms with E-state index in [0.29, 0.717) is 0 Å². The zero-order valence-electron chi connectivity index (χ0n) is 9.66. The Balaban J connectivity index is 2.45. The molecular formula is C13H16N2O. The van der Waals surface area contributed by atoms with Gasteiger partial charge in [-0.1, -0.05) is 26.0 Å². The van der Waals surface area contributed by atoms with Crippen LogP contribution in [0.5, 0.6) is 0 Å². The molecule has 0 atom stereocenters. The number of rotatable bonds is 3. The quantitative estimate of drug-likeness (QED) is 0.839. The molecule has 1 aromatic carbocycles. The van der Waals surface area contributed by atoms with Gasteiger partial charge >= 0.3 is 0 Å². The number of H-pyrrole nitrogens is 1. The number of aromatic amines is 1. The molecule has 0 saturated heterocycles. The van der Waals surface area contributed by atoms with Gasteiger partial charge in [0.05, 0.1) is 5.69 Å². The van der Waals surface area contributed by atoms with Crippen LogP contribution in [0.1, 0.15) is 25.1 Å². The van der Waals surface area contributed by atoms with Crippen molar-refractivity contribution in [2.45, 2.75) is 26.7 Å². The second kappa shape index (κ2) is 4.39. The maximum absolute atomic E-state index is 11.3. The van der Waals surface area contributed by atoms with Crippen LogP contribution in [0.25, 0.3) is 5.69 Å². The average molecular weight is 216 g/mol. The van der Waals surface area contributed by atoms with E-state index < -0.39 is 0 Å². The van der Waals surface area contributed by atoms with Crippen LogP contribution in [-0.4, -0.2) is 9.78 Å². The Hall–Kier alpha value is -1.77. The first kappa shape index (κ1) is 10.7. The van der Waals surface area contributed by atoms with E-state index >= 15 is 0 Å². The SMILES string of the molecule is CCc1ccc(-n2[nH]c(=O)cc2CC)cc1. The fourth-order valence-electron chi connectivity index (χ4n) is 1.80. The smallest absolute Gasteiger partial charge is 0.264 e. The van der Waals surface area contributed by atoms with Crippen molar-refractivity contribution in [3.63, 3.8) is 0 Å². The number of aryl methyl sites for hydroxylation is 2. The minimum Gasteiger partial charge on any atom is -0.268 e. The molecule has 3 heteroatoms. The van der Waals surface area contributed by atoms with Gasteiger partial charge in [-0.2, -0.15) is 0 Å². The second-order valence-corrected chi connectivity index (χ2v) is 3.82. The van der Waals surface area contributed by atoms with Gasteiger partial charge in [0.15, 0.2) is 0 Å². The van der Waals surface area contributed by atoms with Crippen LogP contribution in [-0.2, 0) is 12.8 Å². The van der Waals surface area contributed by atoms with Gasteiger partial charge in [-0.25, -0.2) is 0 Å². The van der Waals surface area contributed by atoms with Crippen molar-refractivity contribution in [1.82, 2.24) is 9.78 Å². The molecule has 0 unspecified atom stereocenters. The highest BCUT2D eigenvalue weighted by Gasteiger charge is 2.04. The molecule has 2 aromatic rings. The van der Waals surface area contributed by atoms with E-state index in [1.54, 1.807) is 6.07 Å². The number of nitrogens with one attached hydrogen (secondary N) is 1. The summed E-state index contributed by atoms with van der Waals surface area (Å²) in [5, 5.41) is 2.81. The maximum atomic E-state index is 11.3. The van der Waals surface area contributed by atoms with E-state index in [9.17, 15) is 4.79 Å². The van der Waals surface area contributed by atoms with Crippen molar-refractivity contribution >= 4 is 0 Å². The highest BCUT2D eigenvalue weighted by molar-refractivity contribution is 5.35. The van der Waals surface area contributed by atoms with Gasteiger partial charge in [-0.05, 0) is 30.5 Å².